The highest BCUT2D eigenvalue weighted by atomic mass is 19.4. The molecule has 1 aliphatic heterocycles. The maximum atomic E-state index is 13.9. The fraction of sp³-hybridized carbons (Fsp3) is 0.391. The van der Waals surface area contributed by atoms with Crippen molar-refractivity contribution in [2.75, 3.05) is 11.4 Å². The van der Waals surface area contributed by atoms with Crippen LogP contribution in [0.3, 0.4) is 0 Å². The Morgan fingerprint density at radius 1 is 0.970 bits per heavy atom. The maximum absolute atomic E-state index is 13.9. The Kier molecular flexibility index (Phi) is 5.79. The van der Waals surface area contributed by atoms with Crippen molar-refractivity contribution in [3.63, 3.8) is 0 Å². The molecule has 2 N–H and O–H groups in total. The van der Waals surface area contributed by atoms with Crippen molar-refractivity contribution in [2.45, 2.75) is 49.9 Å². The fourth-order valence-corrected chi connectivity index (χ4v) is 4.97. The quantitative estimate of drug-likeness (QED) is 0.632. The standard InChI is InChI=1S/C23H22F5N3O2/c24-16-10-14(11-17(25)12-16)19(20(29)32)31-21(33)30(13-22(31)8-2-1-3-9-22)18-6-4-15(5-7-18)23(26,27)28/h4-7,10-12,19H,1-3,8-9,13H2,(H2,29,32). The summed E-state index contributed by atoms with van der Waals surface area (Å²) >= 11 is 0. The average Bonchev–Trinajstić information content (AvgIpc) is 2.99. The number of hydrogen-bond acceptors (Lipinski definition) is 2. The zero-order valence-corrected chi connectivity index (χ0v) is 17.5. The van der Waals surface area contributed by atoms with Crippen molar-refractivity contribution < 1.29 is 31.5 Å². The van der Waals surface area contributed by atoms with E-state index in [9.17, 15) is 31.5 Å². The summed E-state index contributed by atoms with van der Waals surface area (Å²) in [5.41, 5.74) is 4.07. The van der Waals surface area contributed by atoms with Gasteiger partial charge in [0, 0.05) is 11.8 Å². The van der Waals surface area contributed by atoms with E-state index in [1.54, 1.807) is 0 Å². The summed E-state index contributed by atoms with van der Waals surface area (Å²) in [4.78, 5) is 28.7. The minimum atomic E-state index is -4.53. The van der Waals surface area contributed by atoms with Crippen molar-refractivity contribution in [3.8, 4) is 0 Å². The van der Waals surface area contributed by atoms with Gasteiger partial charge < -0.3 is 10.6 Å². The van der Waals surface area contributed by atoms with E-state index in [1.807, 2.05) is 0 Å². The largest absolute Gasteiger partial charge is 0.416 e. The first kappa shape index (κ1) is 23.0. The average molecular weight is 467 g/mol. The number of nitrogens with two attached hydrogens (primary N) is 1. The van der Waals surface area contributed by atoms with Crippen LogP contribution in [0.1, 0.15) is 49.3 Å². The van der Waals surface area contributed by atoms with Crippen LogP contribution in [-0.4, -0.2) is 28.9 Å². The van der Waals surface area contributed by atoms with Crippen LogP contribution >= 0.6 is 0 Å². The topological polar surface area (TPSA) is 66.6 Å². The van der Waals surface area contributed by atoms with Crippen molar-refractivity contribution in [1.82, 2.24) is 4.90 Å². The van der Waals surface area contributed by atoms with Gasteiger partial charge in [-0.25, -0.2) is 13.6 Å². The van der Waals surface area contributed by atoms with Gasteiger partial charge in [0.25, 0.3) is 0 Å². The Bertz CT molecular complexity index is 1040. The van der Waals surface area contributed by atoms with E-state index >= 15 is 0 Å². The number of carbonyl (C=O) groups is 2. The summed E-state index contributed by atoms with van der Waals surface area (Å²) in [5.74, 6) is -2.78. The van der Waals surface area contributed by atoms with Crippen molar-refractivity contribution in [2.24, 2.45) is 5.73 Å². The minimum Gasteiger partial charge on any atom is -0.368 e. The van der Waals surface area contributed by atoms with E-state index in [0.717, 1.165) is 43.5 Å². The molecule has 1 unspecified atom stereocenters. The van der Waals surface area contributed by atoms with Gasteiger partial charge in [0.2, 0.25) is 5.91 Å². The minimum absolute atomic E-state index is 0.0902. The lowest BCUT2D eigenvalue weighted by Crippen LogP contribution is -2.53. The number of carbonyl (C=O) groups excluding carboxylic acids is 2. The second-order valence-electron chi connectivity index (χ2n) is 8.58. The van der Waals surface area contributed by atoms with Gasteiger partial charge in [-0.3, -0.25) is 9.69 Å². The highest BCUT2D eigenvalue weighted by Gasteiger charge is 2.54. The predicted octanol–water partition coefficient (Wildman–Crippen LogP) is 5.16. The molecule has 1 heterocycles. The van der Waals surface area contributed by atoms with E-state index in [2.05, 4.69) is 0 Å². The third kappa shape index (κ3) is 4.26. The molecule has 1 saturated carbocycles. The summed E-state index contributed by atoms with van der Waals surface area (Å²) in [7, 11) is 0. The summed E-state index contributed by atoms with van der Waals surface area (Å²) in [6.45, 7) is 0.124. The summed E-state index contributed by atoms with van der Waals surface area (Å²) in [6.07, 6.45) is -1.04. The molecule has 4 rings (SSSR count). The van der Waals surface area contributed by atoms with Crippen molar-refractivity contribution in [3.05, 3.63) is 65.2 Å². The van der Waals surface area contributed by atoms with Gasteiger partial charge in [-0.15, -0.1) is 0 Å². The summed E-state index contributed by atoms with van der Waals surface area (Å²) in [5, 5.41) is 0. The molecule has 2 aromatic rings. The van der Waals surface area contributed by atoms with Crippen LogP contribution in [0.15, 0.2) is 42.5 Å². The fourth-order valence-electron chi connectivity index (χ4n) is 4.97. The lowest BCUT2D eigenvalue weighted by molar-refractivity contribution is -0.137. The van der Waals surface area contributed by atoms with E-state index in [-0.39, 0.29) is 17.8 Å². The zero-order valence-electron chi connectivity index (χ0n) is 17.5. The Morgan fingerprint density at radius 3 is 2.06 bits per heavy atom. The molecule has 2 fully saturated rings. The number of hydrogen-bond donors (Lipinski definition) is 1. The molecule has 1 aliphatic carbocycles. The predicted molar refractivity (Wildman–Crippen MR) is 110 cm³/mol. The number of alkyl halides is 3. The summed E-state index contributed by atoms with van der Waals surface area (Å²) in [6, 6.07) is 4.65. The molecule has 0 radical (unpaired) electrons. The summed E-state index contributed by atoms with van der Waals surface area (Å²) < 4.78 is 66.8. The zero-order chi connectivity index (χ0) is 24.0. The van der Waals surface area contributed by atoms with Crippen molar-refractivity contribution in [1.29, 1.82) is 0 Å². The number of urea groups is 1. The number of nitrogens with zero attached hydrogens (tertiary/aromatic N) is 2. The van der Waals surface area contributed by atoms with Crippen LogP contribution in [0.25, 0.3) is 0 Å². The van der Waals surface area contributed by atoms with Gasteiger partial charge in [-0.05, 0) is 54.8 Å². The third-order valence-electron chi connectivity index (χ3n) is 6.42. The highest BCUT2D eigenvalue weighted by Crippen LogP contribution is 2.45. The molecular weight excluding hydrogens is 445 g/mol. The number of rotatable bonds is 4. The Balaban J connectivity index is 1.78. The number of amides is 3. The molecule has 1 saturated heterocycles. The third-order valence-corrected chi connectivity index (χ3v) is 6.42. The SMILES string of the molecule is NC(=O)C(c1cc(F)cc(F)c1)N1C(=O)N(c2ccc(C(F)(F)F)cc2)CC12CCCCC2. The van der Waals surface area contributed by atoms with Gasteiger partial charge in [-0.1, -0.05) is 19.3 Å². The van der Waals surface area contributed by atoms with Crippen LogP contribution in [-0.2, 0) is 11.0 Å². The molecular formula is C23H22F5N3O2. The van der Waals surface area contributed by atoms with Crippen LogP contribution in [0.5, 0.6) is 0 Å². The molecule has 0 bridgehead atoms. The molecule has 5 nitrogen and oxygen atoms in total. The van der Waals surface area contributed by atoms with E-state index in [1.165, 1.54) is 21.9 Å². The molecule has 2 aromatic carbocycles. The smallest absolute Gasteiger partial charge is 0.368 e. The number of benzene rings is 2. The first-order valence-electron chi connectivity index (χ1n) is 10.6. The van der Waals surface area contributed by atoms with Crippen LogP contribution in [0.2, 0.25) is 0 Å². The van der Waals surface area contributed by atoms with Crippen LogP contribution < -0.4 is 10.6 Å². The molecule has 33 heavy (non-hydrogen) atoms. The molecule has 2 aliphatic rings. The molecule has 1 spiro atoms. The van der Waals surface area contributed by atoms with Crippen LogP contribution in [0, 0.1) is 11.6 Å². The van der Waals surface area contributed by atoms with Gasteiger partial charge in [0.15, 0.2) is 0 Å². The second-order valence-corrected chi connectivity index (χ2v) is 8.58. The Labute approximate surface area is 187 Å². The molecule has 0 aromatic heterocycles. The van der Waals surface area contributed by atoms with Gasteiger partial charge in [-0.2, -0.15) is 13.2 Å². The van der Waals surface area contributed by atoms with Crippen molar-refractivity contribution >= 4 is 17.6 Å². The highest BCUT2D eigenvalue weighted by molar-refractivity contribution is 5.99. The number of anilines is 1. The van der Waals surface area contributed by atoms with E-state index < -0.39 is 46.9 Å². The number of primary amides is 1. The molecule has 176 valence electrons. The molecule has 1 atom stereocenters. The Hall–Kier alpha value is -3.17. The Morgan fingerprint density at radius 2 is 1.55 bits per heavy atom. The van der Waals surface area contributed by atoms with Crippen LogP contribution in [0.4, 0.5) is 32.4 Å². The van der Waals surface area contributed by atoms with E-state index in [4.69, 9.17) is 5.73 Å². The van der Waals surface area contributed by atoms with E-state index in [0.29, 0.717) is 18.9 Å². The lowest BCUT2D eigenvalue weighted by Gasteiger charge is -2.43. The molecule has 3 amide bonds. The number of halogens is 5. The van der Waals surface area contributed by atoms with Gasteiger partial charge in [0.05, 0.1) is 17.6 Å². The van der Waals surface area contributed by atoms with Gasteiger partial charge in [0.1, 0.15) is 17.7 Å². The second kappa shape index (κ2) is 8.31. The maximum Gasteiger partial charge on any atom is 0.416 e. The normalized spacial score (nSPS) is 19.2. The first-order valence-corrected chi connectivity index (χ1v) is 10.6. The van der Waals surface area contributed by atoms with Gasteiger partial charge >= 0.3 is 12.2 Å². The molecule has 10 heteroatoms. The monoisotopic (exact) mass is 467 g/mol. The first-order chi connectivity index (χ1) is 15.5. The lowest BCUT2D eigenvalue weighted by atomic mass is 9.79.